The molecule has 0 aliphatic carbocycles. The van der Waals surface area contributed by atoms with Crippen LogP contribution in [0.15, 0.2) is 164 Å². The summed E-state index contributed by atoms with van der Waals surface area (Å²) in [7, 11) is 0. The normalized spacial score (nSPS) is 12.2. The molecule has 7 aromatic carbocycles. The lowest BCUT2D eigenvalue weighted by atomic mass is 10.0. The van der Waals surface area contributed by atoms with Crippen LogP contribution < -0.4 is 0 Å². The number of pyridine rings is 1. The van der Waals surface area contributed by atoms with Gasteiger partial charge >= 0.3 is 0 Å². The van der Waals surface area contributed by atoms with Gasteiger partial charge in [-0.15, -0.1) is 22.7 Å². The van der Waals surface area contributed by atoms with Crippen molar-refractivity contribution in [3.05, 3.63) is 164 Å². The van der Waals surface area contributed by atoms with Gasteiger partial charge in [0, 0.05) is 85.7 Å². The molecule has 52 heavy (non-hydrogen) atoms. The van der Waals surface area contributed by atoms with Crippen LogP contribution >= 0.6 is 22.7 Å². The summed E-state index contributed by atoms with van der Waals surface area (Å²) < 4.78 is 10.3. The standard InChI is InChI=1S/C47H27N3S2/c1-5-13-38-36(11-1)44-40(19-17-34-32-9-3-7-15-42(32)51-46(34)44)49(38)30-25-29(28-21-23-48-24-22-28)26-31(27-30)50-39-14-6-2-12-37(39)45-41(50)20-18-35-33-10-4-8-16-43(33)52-47(35)45/h1-27H. The Hall–Kier alpha value is -6.27. The van der Waals surface area contributed by atoms with E-state index in [0.717, 1.165) is 22.5 Å². The van der Waals surface area contributed by atoms with Crippen molar-refractivity contribution in [3.8, 4) is 22.5 Å². The van der Waals surface area contributed by atoms with Crippen molar-refractivity contribution in [2.24, 2.45) is 0 Å². The van der Waals surface area contributed by atoms with Gasteiger partial charge in [0.25, 0.3) is 0 Å². The molecule has 5 heterocycles. The van der Waals surface area contributed by atoms with E-state index in [1.54, 1.807) is 0 Å². The summed E-state index contributed by atoms with van der Waals surface area (Å²) in [4.78, 5) is 4.36. The maximum Gasteiger partial charge on any atom is 0.0555 e. The fourth-order valence-corrected chi connectivity index (χ4v) is 11.1. The van der Waals surface area contributed by atoms with Crippen LogP contribution in [-0.2, 0) is 0 Å². The molecule has 0 unspecified atom stereocenters. The molecule has 0 spiro atoms. The van der Waals surface area contributed by atoms with E-state index < -0.39 is 0 Å². The van der Waals surface area contributed by atoms with Crippen LogP contribution in [0.2, 0.25) is 0 Å². The zero-order chi connectivity index (χ0) is 33.9. The van der Waals surface area contributed by atoms with E-state index in [0.29, 0.717) is 0 Å². The van der Waals surface area contributed by atoms with Crippen molar-refractivity contribution in [1.29, 1.82) is 0 Å². The molecule has 0 saturated carbocycles. The predicted molar refractivity (Wildman–Crippen MR) is 224 cm³/mol. The minimum absolute atomic E-state index is 1.13. The van der Waals surface area contributed by atoms with E-state index in [-0.39, 0.29) is 0 Å². The molecule has 3 nitrogen and oxygen atoms in total. The number of aromatic nitrogens is 3. The molecule has 0 amide bonds. The van der Waals surface area contributed by atoms with Gasteiger partial charge < -0.3 is 9.13 Å². The molecule has 5 aromatic heterocycles. The number of hydrogen-bond acceptors (Lipinski definition) is 3. The molecule has 0 aliphatic rings. The average molecular weight is 698 g/mol. The Kier molecular flexibility index (Phi) is 5.81. The van der Waals surface area contributed by atoms with Crippen LogP contribution in [-0.4, -0.2) is 14.1 Å². The molecular weight excluding hydrogens is 671 g/mol. The van der Waals surface area contributed by atoms with Crippen LogP contribution in [0.5, 0.6) is 0 Å². The molecule has 12 aromatic rings. The quantitative estimate of drug-likeness (QED) is 0.180. The third-order valence-corrected chi connectivity index (χ3v) is 13.2. The molecular formula is C47H27N3S2. The van der Waals surface area contributed by atoms with E-state index >= 15 is 0 Å². The summed E-state index contributed by atoms with van der Waals surface area (Å²) >= 11 is 3.79. The number of rotatable bonds is 3. The first kappa shape index (κ1) is 28.4. The molecule has 0 atom stereocenters. The Morgan fingerprint density at radius 2 is 0.827 bits per heavy atom. The van der Waals surface area contributed by atoms with Crippen LogP contribution in [0.4, 0.5) is 0 Å². The topological polar surface area (TPSA) is 22.8 Å². The van der Waals surface area contributed by atoms with Crippen molar-refractivity contribution in [2.75, 3.05) is 0 Å². The average Bonchev–Trinajstić information content (AvgIpc) is 3.95. The minimum Gasteiger partial charge on any atom is -0.309 e. The zero-order valence-corrected chi connectivity index (χ0v) is 29.4. The first-order chi connectivity index (χ1) is 25.8. The monoisotopic (exact) mass is 697 g/mol. The van der Waals surface area contributed by atoms with E-state index in [9.17, 15) is 0 Å². The van der Waals surface area contributed by atoms with Gasteiger partial charge in [-0.25, -0.2) is 0 Å². The SMILES string of the molecule is c1ccc2c(c1)sc1c2ccc2c1c1ccccc1n2-c1cc(-c2ccncc2)cc(-n2c3ccccc3c3c4sc5ccccc5c4ccc32)c1. The summed E-state index contributed by atoms with van der Waals surface area (Å²) in [5.41, 5.74) is 9.38. The summed E-state index contributed by atoms with van der Waals surface area (Å²) in [6, 6.07) is 56.0. The molecule has 5 heteroatoms. The number of nitrogens with zero attached hydrogens (tertiary/aromatic N) is 3. The van der Waals surface area contributed by atoms with Crippen LogP contribution in [0, 0.1) is 0 Å². The van der Waals surface area contributed by atoms with Gasteiger partial charge in [-0.2, -0.15) is 0 Å². The lowest BCUT2D eigenvalue weighted by molar-refractivity contribution is 1.13. The highest BCUT2D eigenvalue weighted by Crippen LogP contribution is 2.46. The van der Waals surface area contributed by atoms with Gasteiger partial charge in [0.1, 0.15) is 0 Å². The minimum atomic E-state index is 1.13. The highest BCUT2D eigenvalue weighted by atomic mass is 32.1. The summed E-state index contributed by atoms with van der Waals surface area (Å²) in [6.45, 7) is 0. The smallest absolute Gasteiger partial charge is 0.0555 e. The maximum absolute atomic E-state index is 4.36. The van der Waals surface area contributed by atoms with E-state index in [4.69, 9.17) is 0 Å². The van der Waals surface area contributed by atoms with Crippen molar-refractivity contribution >= 4 is 107 Å². The molecule has 0 aliphatic heterocycles. The first-order valence-electron chi connectivity index (χ1n) is 17.5. The Morgan fingerprint density at radius 1 is 0.365 bits per heavy atom. The van der Waals surface area contributed by atoms with Crippen LogP contribution in [0.3, 0.4) is 0 Å². The van der Waals surface area contributed by atoms with Crippen molar-refractivity contribution in [3.63, 3.8) is 0 Å². The number of thiophene rings is 2. The fourth-order valence-electron chi connectivity index (χ4n) is 8.59. The van der Waals surface area contributed by atoms with E-state index in [1.165, 1.54) is 84.0 Å². The first-order valence-corrected chi connectivity index (χ1v) is 19.2. The lowest BCUT2D eigenvalue weighted by Gasteiger charge is -2.16. The molecule has 0 fully saturated rings. The third kappa shape index (κ3) is 3.87. The van der Waals surface area contributed by atoms with Crippen molar-refractivity contribution in [1.82, 2.24) is 14.1 Å². The Labute approximate surface area is 305 Å². The molecule has 0 bridgehead atoms. The number of para-hydroxylation sites is 2. The highest BCUT2D eigenvalue weighted by molar-refractivity contribution is 7.27. The predicted octanol–water partition coefficient (Wildman–Crippen LogP) is 13.7. The number of hydrogen-bond donors (Lipinski definition) is 0. The fraction of sp³-hybridized carbons (Fsp3) is 0. The maximum atomic E-state index is 4.36. The Balaban J connectivity index is 1.21. The van der Waals surface area contributed by atoms with Crippen molar-refractivity contribution in [2.45, 2.75) is 0 Å². The second-order valence-corrected chi connectivity index (χ2v) is 15.7. The Bertz CT molecular complexity index is 3210. The molecule has 12 rings (SSSR count). The van der Waals surface area contributed by atoms with Gasteiger partial charge in [0.15, 0.2) is 0 Å². The third-order valence-electron chi connectivity index (χ3n) is 10.8. The Morgan fingerprint density at radius 3 is 1.35 bits per heavy atom. The van der Waals surface area contributed by atoms with E-state index in [2.05, 4.69) is 166 Å². The molecule has 0 radical (unpaired) electrons. The summed E-state index contributed by atoms with van der Waals surface area (Å²) in [5.74, 6) is 0. The molecule has 242 valence electrons. The number of fused-ring (bicyclic) bond motifs is 14. The van der Waals surface area contributed by atoms with Crippen molar-refractivity contribution < 1.29 is 0 Å². The van der Waals surface area contributed by atoms with E-state index in [1.807, 2.05) is 35.1 Å². The summed E-state index contributed by atoms with van der Waals surface area (Å²) in [5, 5.41) is 10.5. The number of benzene rings is 7. The van der Waals surface area contributed by atoms with Crippen LogP contribution in [0.1, 0.15) is 0 Å². The second kappa shape index (κ2) is 10.6. The molecule has 0 saturated heterocycles. The van der Waals surface area contributed by atoms with Gasteiger partial charge in [0.05, 0.1) is 22.1 Å². The van der Waals surface area contributed by atoms with Gasteiger partial charge in [-0.1, -0.05) is 84.9 Å². The highest BCUT2D eigenvalue weighted by Gasteiger charge is 2.21. The zero-order valence-electron chi connectivity index (χ0n) is 27.7. The van der Waals surface area contributed by atoms with Gasteiger partial charge in [-0.3, -0.25) is 4.98 Å². The molecule has 0 N–H and O–H groups in total. The van der Waals surface area contributed by atoms with Crippen LogP contribution in [0.25, 0.3) is 106 Å². The van der Waals surface area contributed by atoms with Gasteiger partial charge in [-0.05, 0) is 77.9 Å². The largest absolute Gasteiger partial charge is 0.309 e. The van der Waals surface area contributed by atoms with Gasteiger partial charge in [0.2, 0.25) is 0 Å². The summed E-state index contributed by atoms with van der Waals surface area (Å²) in [6.07, 6.45) is 3.78. The lowest BCUT2D eigenvalue weighted by Crippen LogP contribution is -2.00. The second-order valence-electron chi connectivity index (χ2n) is 13.5.